The average molecular weight is 265 g/mol. The van der Waals surface area contributed by atoms with Crippen molar-refractivity contribution in [3.63, 3.8) is 0 Å². The number of hydrogen-bond acceptors (Lipinski definition) is 6. The molecule has 0 aliphatic carbocycles. The molecular weight excluding hydrogens is 242 g/mol. The van der Waals surface area contributed by atoms with Crippen LogP contribution < -0.4 is 15.1 Å². The molecule has 1 N–H and O–H groups in total. The van der Waals surface area contributed by atoms with Gasteiger partial charge < -0.3 is 19.9 Å². The zero-order chi connectivity index (χ0) is 13.8. The molecule has 2 rings (SSSR count). The number of aryl methyl sites for hydroxylation is 1. The van der Waals surface area contributed by atoms with Crippen molar-refractivity contribution in [2.24, 2.45) is 0 Å². The van der Waals surface area contributed by atoms with Crippen LogP contribution in [0.3, 0.4) is 0 Å². The molecule has 0 aromatic carbocycles. The third kappa shape index (κ3) is 3.78. The highest BCUT2D eigenvalue weighted by atomic mass is 16.5. The van der Waals surface area contributed by atoms with Crippen LogP contribution in [0.15, 0.2) is 6.07 Å². The molecule has 1 fully saturated rings. The summed E-state index contributed by atoms with van der Waals surface area (Å²) in [6, 6.07) is 2.37. The van der Waals surface area contributed by atoms with Crippen LogP contribution in [0.2, 0.25) is 0 Å². The number of morpholine rings is 1. The average Bonchev–Trinajstić information content (AvgIpc) is 2.39. The van der Waals surface area contributed by atoms with E-state index in [0.29, 0.717) is 6.04 Å². The first kappa shape index (κ1) is 14.0. The third-order valence-corrected chi connectivity index (χ3v) is 3.15. The first-order valence-electron chi connectivity index (χ1n) is 6.61. The van der Waals surface area contributed by atoms with Crippen molar-refractivity contribution in [1.29, 1.82) is 0 Å². The summed E-state index contributed by atoms with van der Waals surface area (Å²) in [6.45, 7) is 5.28. The minimum atomic E-state index is 0.358. The van der Waals surface area contributed by atoms with E-state index in [9.17, 15) is 0 Å². The molecule has 6 heteroatoms. The maximum Gasteiger partial charge on any atom is 0.134 e. The molecule has 6 nitrogen and oxygen atoms in total. The third-order valence-electron chi connectivity index (χ3n) is 3.15. The fraction of sp³-hybridized carbons (Fsp3) is 0.692. The SMILES string of the molecule is Cc1nc(N(C)C)cc(N(C)CC2COCCN2)n1. The van der Waals surface area contributed by atoms with Gasteiger partial charge in [-0.15, -0.1) is 0 Å². The maximum atomic E-state index is 5.47. The van der Waals surface area contributed by atoms with E-state index >= 15 is 0 Å². The molecule has 1 aromatic rings. The molecule has 0 bridgehead atoms. The van der Waals surface area contributed by atoms with Crippen LogP contribution in [-0.4, -0.2) is 63.5 Å². The second-order valence-electron chi connectivity index (χ2n) is 5.13. The van der Waals surface area contributed by atoms with Crippen molar-refractivity contribution >= 4 is 11.6 Å². The summed E-state index contributed by atoms with van der Waals surface area (Å²) in [6.07, 6.45) is 0. The van der Waals surface area contributed by atoms with Gasteiger partial charge in [-0.25, -0.2) is 9.97 Å². The number of aromatic nitrogens is 2. The maximum absolute atomic E-state index is 5.47. The van der Waals surface area contributed by atoms with E-state index in [0.717, 1.165) is 43.8 Å². The van der Waals surface area contributed by atoms with E-state index in [4.69, 9.17) is 4.74 Å². The highest BCUT2D eigenvalue weighted by Gasteiger charge is 2.16. The van der Waals surface area contributed by atoms with Gasteiger partial charge in [-0.2, -0.15) is 0 Å². The second-order valence-corrected chi connectivity index (χ2v) is 5.13. The molecule has 2 heterocycles. The molecule has 106 valence electrons. The van der Waals surface area contributed by atoms with Gasteiger partial charge in [0.2, 0.25) is 0 Å². The van der Waals surface area contributed by atoms with Crippen LogP contribution in [0.1, 0.15) is 5.82 Å². The number of nitrogens with zero attached hydrogens (tertiary/aromatic N) is 4. The van der Waals surface area contributed by atoms with Crippen LogP contribution in [0.25, 0.3) is 0 Å². The lowest BCUT2D eigenvalue weighted by atomic mass is 10.2. The van der Waals surface area contributed by atoms with Gasteiger partial charge in [-0.1, -0.05) is 0 Å². The van der Waals surface area contributed by atoms with Gasteiger partial charge in [0, 0.05) is 46.3 Å². The van der Waals surface area contributed by atoms with Gasteiger partial charge in [0.25, 0.3) is 0 Å². The van der Waals surface area contributed by atoms with Gasteiger partial charge in [-0.3, -0.25) is 0 Å². The lowest BCUT2D eigenvalue weighted by molar-refractivity contribution is 0.0790. The van der Waals surface area contributed by atoms with Crippen molar-refractivity contribution in [2.45, 2.75) is 13.0 Å². The Morgan fingerprint density at radius 1 is 1.32 bits per heavy atom. The number of rotatable bonds is 4. The predicted molar refractivity (Wildman–Crippen MR) is 77.0 cm³/mol. The molecule has 0 radical (unpaired) electrons. The summed E-state index contributed by atoms with van der Waals surface area (Å²) >= 11 is 0. The van der Waals surface area contributed by atoms with E-state index < -0.39 is 0 Å². The summed E-state index contributed by atoms with van der Waals surface area (Å²) in [4.78, 5) is 13.1. The van der Waals surface area contributed by atoms with Crippen LogP contribution in [0.4, 0.5) is 11.6 Å². The molecule has 19 heavy (non-hydrogen) atoms. The Labute approximate surface area is 114 Å². The summed E-state index contributed by atoms with van der Waals surface area (Å²) in [7, 11) is 6.03. The Balaban J connectivity index is 2.07. The van der Waals surface area contributed by atoms with Crippen LogP contribution >= 0.6 is 0 Å². The van der Waals surface area contributed by atoms with Crippen molar-refractivity contribution in [1.82, 2.24) is 15.3 Å². The van der Waals surface area contributed by atoms with Crippen molar-refractivity contribution in [2.75, 3.05) is 57.2 Å². The topological polar surface area (TPSA) is 53.5 Å². The second kappa shape index (κ2) is 6.16. The molecule has 0 amide bonds. The Morgan fingerprint density at radius 2 is 2.05 bits per heavy atom. The highest BCUT2D eigenvalue weighted by Crippen LogP contribution is 2.16. The summed E-state index contributed by atoms with van der Waals surface area (Å²) in [5.41, 5.74) is 0. The lowest BCUT2D eigenvalue weighted by Gasteiger charge is -2.29. The van der Waals surface area contributed by atoms with Crippen molar-refractivity contribution < 1.29 is 4.74 Å². The standard InChI is InChI=1S/C13H23N5O/c1-10-15-12(17(2)3)7-13(16-10)18(4)8-11-9-19-6-5-14-11/h7,11,14H,5-6,8-9H2,1-4H3. The van der Waals surface area contributed by atoms with Crippen LogP contribution in [0, 0.1) is 6.92 Å². The fourth-order valence-corrected chi connectivity index (χ4v) is 2.12. The molecule has 0 saturated carbocycles. The van der Waals surface area contributed by atoms with E-state index in [1.54, 1.807) is 0 Å². The molecule has 1 aliphatic heterocycles. The van der Waals surface area contributed by atoms with Gasteiger partial charge in [-0.05, 0) is 6.92 Å². The minimum absolute atomic E-state index is 0.358. The molecule has 1 atom stereocenters. The molecule has 0 spiro atoms. The predicted octanol–water partition coefficient (Wildman–Crippen LogP) is 0.276. The summed E-state index contributed by atoms with van der Waals surface area (Å²) in [5.74, 6) is 2.67. The van der Waals surface area contributed by atoms with E-state index in [-0.39, 0.29) is 0 Å². The van der Waals surface area contributed by atoms with E-state index in [1.165, 1.54) is 0 Å². The van der Waals surface area contributed by atoms with Crippen LogP contribution in [0.5, 0.6) is 0 Å². The van der Waals surface area contributed by atoms with Crippen molar-refractivity contribution in [3.05, 3.63) is 11.9 Å². The number of hydrogen-bond donors (Lipinski definition) is 1. The number of ether oxygens (including phenoxy) is 1. The summed E-state index contributed by atoms with van der Waals surface area (Å²) < 4.78 is 5.47. The molecule has 1 saturated heterocycles. The zero-order valence-electron chi connectivity index (χ0n) is 12.2. The Hall–Kier alpha value is -1.40. The Morgan fingerprint density at radius 3 is 2.68 bits per heavy atom. The number of likely N-dealkylation sites (N-methyl/N-ethyl adjacent to an activating group) is 1. The fourth-order valence-electron chi connectivity index (χ4n) is 2.12. The lowest BCUT2D eigenvalue weighted by Crippen LogP contribution is -2.47. The van der Waals surface area contributed by atoms with Gasteiger partial charge >= 0.3 is 0 Å². The smallest absolute Gasteiger partial charge is 0.134 e. The molecule has 1 aromatic heterocycles. The monoisotopic (exact) mass is 265 g/mol. The van der Waals surface area contributed by atoms with E-state index in [2.05, 4.69) is 27.2 Å². The van der Waals surface area contributed by atoms with E-state index in [1.807, 2.05) is 32.0 Å². The normalized spacial score (nSPS) is 19.3. The number of anilines is 2. The molecule has 1 aliphatic rings. The van der Waals surface area contributed by atoms with Gasteiger partial charge in [0.05, 0.1) is 13.2 Å². The molecule has 1 unspecified atom stereocenters. The summed E-state index contributed by atoms with van der Waals surface area (Å²) in [5, 5.41) is 3.45. The number of nitrogens with one attached hydrogen (secondary N) is 1. The van der Waals surface area contributed by atoms with Crippen molar-refractivity contribution in [3.8, 4) is 0 Å². The first-order chi connectivity index (χ1) is 9.06. The van der Waals surface area contributed by atoms with Gasteiger partial charge in [0.1, 0.15) is 17.5 Å². The highest BCUT2D eigenvalue weighted by molar-refractivity contribution is 5.49. The van der Waals surface area contributed by atoms with Gasteiger partial charge in [0.15, 0.2) is 0 Å². The zero-order valence-corrected chi connectivity index (χ0v) is 12.2. The largest absolute Gasteiger partial charge is 0.378 e. The van der Waals surface area contributed by atoms with Crippen LogP contribution in [-0.2, 0) is 4.74 Å². The Bertz CT molecular complexity index is 417. The Kier molecular flexibility index (Phi) is 4.55. The minimum Gasteiger partial charge on any atom is -0.378 e. The quantitative estimate of drug-likeness (QED) is 0.844. The molecular formula is C13H23N5O. The first-order valence-corrected chi connectivity index (χ1v) is 6.61.